The largest absolute Gasteiger partial charge is 0.494 e. The van der Waals surface area contributed by atoms with E-state index >= 15 is 0 Å². The third-order valence-electron chi connectivity index (χ3n) is 3.69. The highest BCUT2D eigenvalue weighted by Gasteiger charge is 2.38. The molecule has 1 saturated heterocycles. The zero-order valence-corrected chi connectivity index (χ0v) is 13.4. The maximum atomic E-state index is 13.9. The van der Waals surface area contributed by atoms with Crippen LogP contribution in [0, 0.1) is 5.82 Å². The fraction of sp³-hybridized carbons (Fsp3) is 0.533. The zero-order valence-electron chi connectivity index (χ0n) is 12.6. The third kappa shape index (κ3) is 3.32. The number of carbonyl (C=O) groups excluding carboxylic acids is 1. The minimum atomic E-state index is -0.408. The van der Waals surface area contributed by atoms with E-state index < -0.39 is 5.82 Å². The summed E-state index contributed by atoms with van der Waals surface area (Å²) >= 11 is 1.69. The summed E-state index contributed by atoms with van der Waals surface area (Å²) in [5.41, 5.74) is 0.749. The molecular weight excluding hydrogens is 291 g/mol. The number of hydrogen-bond acceptors (Lipinski definition) is 4. The van der Waals surface area contributed by atoms with Gasteiger partial charge >= 0.3 is 0 Å². The van der Waals surface area contributed by atoms with Gasteiger partial charge in [0.2, 0.25) is 5.91 Å². The van der Waals surface area contributed by atoms with E-state index in [4.69, 9.17) is 4.74 Å². The normalized spacial score (nSPS) is 21.9. The lowest BCUT2D eigenvalue weighted by Gasteiger charge is -2.24. The van der Waals surface area contributed by atoms with Crippen molar-refractivity contribution in [3.63, 3.8) is 0 Å². The second-order valence-electron chi connectivity index (χ2n) is 4.95. The average Bonchev–Trinajstić information content (AvgIpc) is 2.81. The number of halogens is 1. The van der Waals surface area contributed by atoms with E-state index in [0.29, 0.717) is 6.54 Å². The second kappa shape index (κ2) is 7.13. The Bertz CT molecular complexity index is 512. The van der Waals surface area contributed by atoms with Crippen LogP contribution in [0.2, 0.25) is 0 Å². The van der Waals surface area contributed by atoms with Crippen LogP contribution in [-0.4, -0.2) is 42.5 Å². The number of hydrogen-bond donors (Lipinski definition) is 1. The molecule has 1 aliphatic heterocycles. The molecule has 1 N–H and O–H groups in total. The molecule has 1 heterocycles. The van der Waals surface area contributed by atoms with Crippen molar-refractivity contribution in [1.82, 2.24) is 10.2 Å². The predicted octanol–water partition coefficient (Wildman–Crippen LogP) is 2.41. The van der Waals surface area contributed by atoms with Crippen molar-refractivity contribution >= 4 is 17.7 Å². The van der Waals surface area contributed by atoms with E-state index in [1.165, 1.54) is 13.2 Å². The van der Waals surface area contributed by atoms with Crippen molar-refractivity contribution in [2.45, 2.75) is 25.6 Å². The summed E-state index contributed by atoms with van der Waals surface area (Å²) in [4.78, 5) is 14.2. The lowest BCUT2D eigenvalue weighted by molar-refractivity contribution is -0.129. The number of carbonyl (C=O) groups is 1. The van der Waals surface area contributed by atoms with Crippen molar-refractivity contribution < 1.29 is 13.9 Å². The molecule has 0 spiro atoms. The summed E-state index contributed by atoms with van der Waals surface area (Å²) in [6.07, 6.45) is 2.46. The number of thioether (sulfide) groups is 1. The maximum Gasteiger partial charge on any atom is 0.241 e. The minimum Gasteiger partial charge on any atom is -0.494 e. The molecule has 4 nitrogen and oxygen atoms in total. The highest BCUT2D eigenvalue weighted by atomic mass is 32.2. The first-order chi connectivity index (χ1) is 10.1. The van der Waals surface area contributed by atoms with Gasteiger partial charge < -0.3 is 9.64 Å². The van der Waals surface area contributed by atoms with Crippen LogP contribution < -0.4 is 10.1 Å². The van der Waals surface area contributed by atoms with E-state index in [2.05, 4.69) is 5.32 Å². The number of nitrogens with one attached hydrogen (secondary N) is 1. The molecule has 2 atom stereocenters. The zero-order chi connectivity index (χ0) is 15.4. The molecule has 2 unspecified atom stereocenters. The Labute approximate surface area is 129 Å². The standard InChI is InChI=1S/C15H21FN2O2S/c1-4-12-15(19)18(7-8-21-3)14(17-12)10-5-6-13(20-2)11(16)9-10/h5-6,9,12,14,17H,4,7-8H2,1-3H3. The van der Waals surface area contributed by atoms with Crippen LogP contribution in [0.15, 0.2) is 18.2 Å². The Kier molecular flexibility index (Phi) is 5.47. The van der Waals surface area contributed by atoms with E-state index in [-0.39, 0.29) is 23.9 Å². The van der Waals surface area contributed by atoms with Gasteiger partial charge in [-0.3, -0.25) is 10.1 Å². The number of nitrogens with zero attached hydrogens (tertiary/aromatic N) is 1. The summed E-state index contributed by atoms with van der Waals surface area (Å²) in [5.74, 6) is 0.756. The Hall–Kier alpha value is -1.27. The molecule has 0 saturated carbocycles. The Morgan fingerprint density at radius 2 is 2.24 bits per heavy atom. The van der Waals surface area contributed by atoms with Crippen LogP contribution in [0.25, 0.3) is 0 Å². The maximum absolute atomic E-state index is 13.9. The van der Waals surface area contributed by atoms with Crippen molar-refractivity contribution in [2.24, 2.45) is 0 Å². The van der Waals surface area contributed by atoms with Gasteiger partial charge in [-0.15, -0.1) is 0 Å². The molecule has 21 heavy (non-hydrogen) atoms. The highest BCUT2D eigenvalue weighted by Crippen LogP contribution is 2.29. The van der Waals surface area contributed by atoms with Gasteiger partial charge in [0.15, 0.2) is 11.6 Å². The van der Waals surface area contributed by atoms with Gasteiger partial charge in [-0.05, 0) is 30.4 Å². The van der Waals surface area contributed by atoms with Gasteiger partial charge in [0.1, 0.15) is 6.17 Å². The van der Waals surface area contributed by atoms with Gasteiger partial charge in [0.05, 0.1) is 13.2 Å². The first kappa shape index (κ1) is 16.1. The molecule has 6 heteroatoms. The molecule has 1 aromatic carbocycles. The second-order valence-corrected chi connectivity index (χ2v) is 5.93. The fourth-order valence-corrected chi connectivity index (χ4v) is 2.91. The van der Waals surface area contributed by atoms with Crippen LogP contribution in [0.3, 0.4) is 0 Å². The third-order valence-corrected chi connectivity index (χ3v) is 4.28. The minimum absolute atomic E-state index is 0.0905. The quantitative estimate of drug-likeness (QED) is 0.876. The summed E-state index contributed by atoms with van der Waals surface area (Å²) in [6.45, 7) is 2.63. The first-order valence-corrected chi connectivity index (χ1v) is 8.40. The molecule has 0 aliphatic carbocycles. The average molecular weight is 312 g/mol. The summed E-state index contributed by atoms with van der Waals surface area (Å²) in [6, 6.07) is 4.65. The van der Waals surface area contributed by atoms with E-state index in [1.54, 1.807) is 28.8 Å². The van der Waals surface area contributed by atoms with Crippen LogP contribution in [0.4, 0.5) is 4.39 Å². The van der Waals surface area contributed by atoms with Crippen LogP contribution in [0.5, 0.6) is 5.75 Å². The molecule has 0 aromatic heterocycles. The number of benzene rings is 1. The lowest BCUT2D eigenvalue weighted by Crippen LogP contribution is -2.32. The Morgan fingerprint density at radius 3 is 2.81 bits per heavy atom. The van der Waals surface area contributed by atoms with E-state index in [1.807, 2.05) is 13.2 Å². The van der Waals surface area contributed by atoms with Crippen molar-refractivity contribution in [3.05, 3.63) is 29.6 Å². The molecule has 1 aliphatic rings. The number of ether oxygens (including phenoxy) is 1. The monoisotopic (exact) mass is 312 g/mol. The molecule has 0 radical (unpaired) electrons. The summed E-state index contributed by atoms with van der Waals surface area (Å²) in [5, 5.41) is 3.29. The molecule has 0 bridgehead atoms. The van der Waals surface area contributed by atoms with Gasteiger partial charge in [-0.2, -0.15) is 11.8 Å². The molecular formula is C15H21FN2O2S. The van der Waals surface area contributed by atoms with E-state index in [0.717, 1.165) is 17.7 Å². The number of methoxy groups -OCH3 is 1. The van der Waals surface area contributed by atoms with Gasteiger partial charge in [0, 0.05) is 12.3 Å². The van der Waals surface area contributed by atoms with Gasteiger partial charge in [-0.1, -0.05) is 13.0 Å². The first-order valence-electron chi connectivity index (χ1n) is 7.01. The number of amides is 1. The van der Waals surface area contributed by atoms with Crippen LogP contribution >= 0.6 is 11.8 Å². The smallest absolute Gasteiger partial charge is 0.241 e. The topological polar surface area (TPSA) is 41.6 Å². The van der Waals surface area contributed by atoms with Crippen LogP contribution in [-0.2, 0) is 4.79 Å². The SMILES string of the molecule is CCC1NC(c2ccc(OC)c(F)c2)N(CCSC)C1=O. The van der Waals surface area contributed by atoms with E-state index in [9.17, 15) is 9.18 Å². The highest BCUT2D eigenvalue weighted by molar-refractivity contribution is 7.98. The van der Waals surface area contributed by atoms with Gasteiger partial charge in [0.25, 0.3) is 0 Å². The predicted molar refractivity (Wildman–Crippen MR) is 83.0 cm³/mol. The summed E-state index contributed by atoms with van der Waals surface area (Å²) in [7, 11) is 1.44. The van der Waals surface area contributed by atoms with Crippen molar-refractivity contribution in [1.29, 1.82) is 0 Å². The van der Waals surface area contributed by atoms with Crippen molar-refractivity contribution in [2.75, 3.05) is 25.7 Å². The molecule has 1 aromatic rings. The molecule has 2 rings (SSSR count). The van der Waals surface area contributed by atoms with Crippen LogP contribution in [0.1, 0.15) is 25.1 Å². The Morgan fingerprint density at radius 1 is 1.48 bits per heavy atom. The lowest BCUT2D eigenvalue weighted by atomic mass is 10.1. The van der Waals surface area contributed by atoms with Crippen molar-refractivity contribution in [3.8, 4) is 5.75 Å². The number of rotatable bonds is 6. The fourth-order valence-electron chi connectivity index (χ4n) is 2.53. The molecule has 1 amide bonds. The Balaban J connectivity index is 2.26. The summed E-state index contributed by atoms with van der Waals surface area (Å²) < 4.78 is 18.8. The molecule has 1 fully saturated rings. The molecule has 116 valence electrons. The van der Waals surface area contributed by atoms with Gasteiger partial charge in [-0.25, -0.2) is 4.39 Å².